The van der Waals surface area contributed by atoms with Gasteiger partial charge in [0.2, 0.25) is 11.5 Å². The molecule has 42 heavy (non-hydrogen) atoms. The van der Waals surface area contributed by atoms with Crippen LogP contribution in [-0.4, -0.2) is 97.0 Å². The number of fused-ring (bicyclic) bond motifs is 3. The number of Topliss-reactive ketones (excluding diaryl/α,β-unsaturated/α-hetero) is 2. The number of nitro benzene ring substituents is 1. The van der Waals surface area contributed by atoms with Crippen LogP contribution in [0.3, 0.4) is 0 Å². The molecule has 1 aromatic carbocycles. The monoisotopic (exact) mass is 614 g/mol. The lowest BCUT2D eigenvalue weighted by Gasteiger charge is -2.50. The van der Waals surface area contributed by atoms with Crippen LogP contribution in [0.15, 0.2) is 23.0 Å². The summed E-state index contributed by atoms with van der Waals surface area (Å²) >= 11 is 0. The van der Waals surface area contributed by atoms with E-state index in [1.165, 1.54) is 19.0 Å². The Morgan fingerprint density at radius 3 is 2.21 bits per heavy atom. The number of carbonyl (C=O) groups is 3. The number of phenolic OH excluding ortho intramolecular Hbond substituents is 1. The van der Waals surface area contributed by atoms with Crippen LogP contribution in [0.25, 0.3) is 5.76 Å². The second kappa shape index (κ2) is 11.0. The van der Waals surface area contributed by atoms with Gasteiger partial charge in [0.15, 0.2) is 11.4 Å². The van der Waals surface area contributed by atoms with Gasteiger partial charge in [-0.25, -0.2) is 0 Å². The molecule has 0 heterocycles. The number of nitrogens with two attached hydrogens (primary N) is 1. The third-order valence-electron chi connectivity index (χ3n) is 7.34. The standard InChI is InChI=1S/C24H28N4O9.H2O4S/c1-8(2)26-12-7-13(28(36)37)18(29)15-10(12)5-9-6-11-17(27(3)4)20(31)16(23(25)34)22(33)24(11,35)21(32)14(9)19(15)30;1-5(2,3)4/h7-9,11,17,26,29-30,33,35H,5-6H2,1-4H3,(H2,25,34);(H2,1,2,3,4)/t9?,11?,17-,24-;/m0./s1. The molecule has 0 radical (unpaired) electrons. The first-order chi connectivity index (χ1) is 19.1. The van der Waals surface area contributed by atoms with E-state index in [2.05, 4.69) is 5.32 Å². The van der Waals surface area contributed by atoms with Crippen LogP contribution in [0.5, 0.6) is 5.75 Å². The van der Waals surface area contributed by atoms with Crippen molar-refractivity contribution in [2.24, 2.45) is 17.6 Å². The molecule has 230 valence electrons. The molecule has 0 spiro atoms. The topological polar surface area (TPSA) is 291 Å². The summed E-state index contributed by atoms with van der Waals surface area (Å²) in [6, 6.07) is -0.230. The predicted octanol–water partition coefficient (Wildman–Crippen LogP) is 0.0397. The van der Waals surface area contributed by atoms with Crippen molar-refractivity contribution in [3.63, 3.8) is 0 Å². The molecule has 2 unspecified atom stereocenters. The highest BCUT2D eigenvalue weighted by Crippen LogP contribution is 2.54. The summed E-state index contributed by atoms with van der Waals surface area (Å²) in [4.78, 5) is 51.1. The van der Waals surface area contributed by atoms with Crippen LogP contribution in [0, 0.1) is 22.0 Å². The second-order valence-corrected chi connectivity index (χ2v) is 11.5. The number of nitrogens with zero attached hydrogens (tertiary/aromatic N) is 2. The largest absolute Gasteiger partial charge is 0.508 e. The van der Waals surface area contributed by atoms with Crippen molar-refractivity contribution in [1.29, 1.82) is 0 Å². The molecule has 4 rings (SSSR count). The highest BCUT2D eigenvalue weighted by molar-refractivity contribution is 7.79. The molecule has 9 N–H and O–H groups in total. The van der Waals surface area contributed by atoms with Gasteiger partial charge in [-0.15, -0.1) is 0 Å². The van der Waals surface area contributed by atoms with Gasteiger partial charge in [0, 0.05) is 29.3 Å². The van der Waals surface area contributed by atoms with Gasteiger partial charge < -0.3 is 31.5 Å². The third kappa shape index (κ3) is 5.41. The average molecular weight is 615 g/mol. The lowest BCUT2D eigenvalue weighted by atomic mass is 9.57. The summed E-state index contributed by atoms with van der Waals surface area (Å²) in [7, 11) is -1.65. The molecule has 4 atom stereocenters. The Kier molecular flexibility index (Phi) is 8.45. The molecule has 17 nitrogen and oxygen atoms in total. The highest BCUT2D eigenvalue weighted by atomic mass is 32.3. The van der Waals surface area contributed by atoms with E-state index in [1.54, 1.807) is 13.8 Å². The highest BCUT2D eigenvalue weighted by Gasteiger charge is 2.64. The zero-order valence-corrected chi connectivity index (χ0v) is 23.5. The van der Waals surface area contributed by atoms with Crippen molar-refractivity contribution in [2.45, 2.75) is 44.4 Å². The first kappa shape index (κ1) is 32.4. The number of likely N-dealkylation sites (N-methyl/N-ethyl adjacent to an activating group) is 1. The summed E-state index contributed by atoms with van der Waals surface area (Å²) in [5.74, 6) is -8.20. The molecule has 18 heteroatoms. The number of nitrogens with one attached hydrogen (secondary N) is 1. The Hall–Kier alpha value is -4.10. The maximum absolute atomic E-state index is 13.8. The summed E-state index contributed by atoms with van der Waals surface area (Å²) < 4.78 is 31.6. The van der Waals surface area contributed by atoms with Crippen molar-refractivity contribution in [1.82, 2.24) is 4.90 Å². The van der Waals surface area contributed by atoms with Crippen LogP contribution >= 0.6 is 0 Å². The van der Waals surface area contributed by atoms with Crippen molar-refractivity contribution < 1.29 is 57.3 Å². The minimum Gasteiger partial charge on any atom is -0.508 e. The number of aliphatic hydroxyl groups is 3. The first-order valence-corrected chi connectivity index (χ1v) is 13.7. The lowest BCUT2D eigenvalue weighted by molar-refractivity contribution is -0.385. The lowest BCUT2D eigenvalue weighted by Crippen LogP contribution is -2.65. The summed E-state index contributed by atoms with van der Waals surface area (Å²) in [5.41, 5.74) is 0.779. The molecule has 3 aliphatic rings. The third-order valence-corrected chi connectivity index (χ3v) is 7.34. The zero-order chi connectivity index (χ0) is 32.2. The van der Waals surface area contributed by atoms with Gasteiger partial charge in [-0.2, -0.15) is 8.42 Å². The Bertz CT molecular complexity index is 1560. The minimum atomic E-state index is -4.67. The second-order valence-electron chi connectivity index (χ2n) is 10.6. The van der Waals surface area contributed by atoms with Crippen LogP contribution in [0.1, 0.15) is 31.4 Å². The fourth-order valence-electron chi connectivity index (χ4n) is 5.88. The van der Waals surface area contributed by atoms with E-state index in [9.17, 15) is 44.9 Å². The Labute approximate surface area is 238 Å². The Morgan fingerprint density at radius 2 is 1.76 bits per heavy atom. The van der Waals surface area contributed by atoms with Crippen molar-refractivity contribution in [3.05, 3.63) is 44.2 Å². The van der Waals surface area contributed by atoms with Gasteiger partial charge in [0.05, 0.1) is 16.5 Å². The number of aliphatic hydroxyl groups excluding tert-OH is 2. The number of aromatic hydroxyl groups is 1. The SMILES string of the molecule is CC(C)Nc1cc([N+](=O)[O-])c(O)c2c1CC1CC3[C@H](N(C)C)C(=O)C(C(N)=O)=C(O)[C@@]3(O)C(=O)C1=C2O.O=S(=O)(O)O. The van der Waals surface area contributed by atoms with Crippen molar-refractivity contribution in [2.75, 3.05) is 19.4 Å². The normalized spacial score (nSPS) is 25.4. The van der Waals surface area contributed by atoms with E-state index in [4.69, 9.17) is 23.3 Å². The van der Waals surface area contributed by atoms with Crippen molar-refractivity contribution >= 4 is 45.0 Å². The average Bonchev–Trinajstić information content (AvgIpc) is 2.81. The fourth-order valence-corrected chi connectivity index (χ4v) is 5.88. The summed E-state index contributed by atoms with van der Waals surface area (Å²) in [5, 5.41) is 59.1. The van der Waals surface area contributed by atoms with Crippen molar-refractivity contribution in [3.8, 4) is 5.75 Å². The minimum absolute atomic E-state index is 0.0230. The number of ketones is 2. The van der Waals surface area contributed by atoms with E-state index >= 15 is 0 Å². The smallest absolute Gasteiger partial charge is 0.394 e. The quantitative estimate of drug-likeness (QED) is 0.0714. The van der Waals surface area contributed by atoms with Gasteiger partial charge >= 0.3 is 16.1 Å². The van der Waals surface area contributed by atoms with Gasteiger partial charge in [-0.05, 0) is 52.3 Å². The number of amides is 1. The molecule has 1 aromatic rings. The maximum atomic E-state index is 13.8. The first-order valence-electron chi connectivity index (χ1n) is 12.3. The molecule has 3 aliphatic carbocycles. The number of hydrogen-bond donors (Lipinski definition) is 8. The van der Waals surface area contributed by atoms with Gasteiger partial charge in [-0.1, -0.05) is 0 Å². The van der Waals surface area contributed by atoms with E-state index in [0.717, 1.165) is 6.07 Å². The maximum Gasteiger partial charge on any atom is 0.394 e. The summed E-state index contributed by atoms with van der Waals surface area (Å²) in [6.45, 7) is 3.58. The molecule has 0 aromatic heterocycles. The molecular formula is C24H30N4O13S. The number of rotatable bonds is 5. The molecular weight excluding hydrogens is 584 g/mol. The van der Waals surface area contributed by atoms with E-state index in [0.29, 0.717) is 5.56 Å². The Balaban J connectivity index is 0.000000892. The predicted molar refractivity (Wildman–Crippen MR) is 144 cm³/mol. The number of primary amides is 1. The molecule has 1 saturated carbocycles. The number of hydrogen-bond acceptors (Lipinski definition) is 13. The number of carbonyl (C=O) groups excluding carboxylic acids is 3. The number of phenols is 1. The molecule has 0 bridgehead atoms. The van der Waals surface area contributed by atoms with Gasteiger partial charge in [-0.3, -0.25) is 38.5 Å². The number of benzene rings is 1. The molecule has 1 amide bonds. The number of nitro groups is 1. The van der Waals surface area contributed by atoms with Crippen LogP contribution in [-0.2, 0) is 31.2 Å². The van der Waals surface area contributed by atoms with E-state index in [1.807, 2.05) is 0 Å². The summed E-state index contributed by atoms with van der Waals surface area (Å²) in [6.07, 6.45) is -0.0558. The van der Waals surface area contributed by atoms with Crippen LogP contribution in [0.4, 0.5) is 11.4 Å². The van der Waals surface area contributed by atoms with Crippen LogP contribution in [0.2, 0.25) is 0 Å². The van der Waals surface area contributed by atoms with Crippen LogP contribution < -0.4 is 11.1 Å². The van der Waals surface area contributed by atoms with E-state index < -0.39 is 84.8 Å². The van der Waals surface area contributed by atoms with E-state index in [-0.39, 0.29) is 35.7 Å². The molecule has 0 saturated heterocycles. The van der Waals surface area contributed by atoms with Gasteiger partial charge in [0.25, 0.3) is 5.91 Å². The zero-order valence-electron chi connectivity index (χ0n) is 22.7. The molecule has 0 aliphatic heterocycles. The molecule has 1 fully saturated rings. The fraction of sp³-hybridized carbons (Fsp3) is 0.458. The number of anilines is 1. The Morgan fingerprint density at radius 1 is 1.21 bits per heavy atom. The van der Waals surface area contributed by atoms with Gasteiger partial charge in [0.1, 0.15) is 17.1 Å².